The molecule has 0 spiro atoms. The molecule has 86 valence electrons. The minimum absolute atomic E-state index is 0.323. The predicted octanol–water partition coefficient (Wildman–Crippen LogP) is 1.47. The first-order valence-corrected chi connectivity index (χ1v) is 4.77. The Hall–Kier alpha value is -1.91. The maximum atomic E-state index is 13.1. The number of hydrogen-bond acceptors (Lipinski definition) is 3. The molecule has 0 atom stereocenters. The van der Waals surface area contributed by atoms with Crippen LogP contribution in [0.1, 0.15) is 18.9 Å². The van der Waals surface area contributed by atoms with E-state index in [-0.39, 0.29) is 11.7 Å². The van der Waals surface area contributed by atoms with Crippen LogP contribution in [0, 0.1) is 11.2 Å². The van der Waals surface area contributed by atoms with Gasteiger partial charge in [0.2, 0.25) is 5.91 Å². The quantitative estimate of drug-likeness (QED) is 0.700. The Kier molecular flexibility index (Phi) is 3.99. The van der Waals surface area contributed by atoms with Crippen molar-refractivity contribution in [2.45, 2.75) is 13.3 Å². The second-order valence-electron chi connectivity index (χ2n) is 3.30. The largest absolute Gasteiger partial charge is 0.492 e. The first kappa shape index (κ1) is 12.2. The average molecular weight is 224 g/mol. The van der Waals surface area contributed by atoms with Crippen molar-refractivity contribution in [1.82, 2.24) is 0 Å². The number of fused-ring (bicyclic) bond motifs is 1. The zero-order chi connectivity index (χ0) is 12.1. The summed E-state index contributed by atoms with van der Waals surface area (Å²) in [7, 11) is 0. The van der Waals surface area contributed by atoms with Crippen LogP contribution in [0.3, 0.4) is 0 Å². The van der Waals surface area contributed by atoms with E-state index >= 15 is 0 Å². The third kappa shape index (κ3) is 3.05. The first-order valence-electron chi connectivity index (χ1n) is 4.77. The smallest absolute Gasteiger partial charge is 0.214 e. The van der Waals surface area contributed by atoms with Gasteiger partial charge < -0.3 is 15.9 Å². The molecule has 1 aromatic rings. The molecule has 0 radical (unpaired) electrons. The van der Waals surface area contributed by atoms with Gasteiger partial charge in [0.15, 0.2) is 0 Å². The average Bonchev–Trinajstić information content (AvgIpc) is 2.17. The maximum absolute atomic E-state index is 13.1. The third-order valence-corrected chi connectivity index (χ3v) is 1.89. The van der Waals surface area contributed by atoms with Gasteiger partial charge in [0.1, 0.15) is 11.6 Å². The summed E-state index contributed by atoms with van der Waals surface area (Å²) in [5.74, 6) is -0.205. The summed E-state index contributed by atoms with van der Waals surface area (Å²) in [4.78, 5) is 9.22. The minimum Gasteiger partial charge on any atom is -0.492 e. The van der Waals surface area contributed by atoms with Crippen LogP contribution in [0.15, 0.2) is 18.2 Å². The molecule has 16 heavy (non-hydrogen) atoms. The SMILES string of the molecule is CC(N)=O.N=C1CCOc2cccc(F)c21. The van der Waals surface area contributed by atoms with Gasteiger partial charge in [-0.05, 0) is 12.1 Å². The summed E-state index contributed by atoms with van der Waals surface area (Å²) >= 11 is 0. The fraction of sp³-hybridized carbons (Fsp3) is 0.273. The number of nitrogens with one attached hydrogen (secondary N) is 1. The van der Waals surface area contributed by atoms with Gasteiger partial charge in [-0.1, -0.05) is 6.07 Å². The summed E-state index contributed by atoms with van der Waals surface area (Å²) in [6.07, 6.45) is 0.494. The maximum Gasteiger partial charge on any atom is 0.214 e. The number of nitrogens with two attached hydrogens (primary N) is 1. The summed E-state index contributed by atoms with van der Waals surface area (Å²) in [5, 5.41) is 7.49. The first-order chi connectivity index (χ1) is 7.52. The van der Waals surface area contributed by atoms with Crippen molar-refractivity contribution in [2.75, 3.05) is 6.61 Å². The summed E-state index contributed by atoms with van der Waals surface area (Å²) in [6, 6.07) is 4.63. The molecular weight excluding hydrogens is 211 g/mol. The molecule has 5 heteroatoms. The summed E-state index contributed by atoms with van der Waals surface area (Å²) < 4.78 is 18.3. The number of halogens is 1. The lowest BCUT2D eigenvalue weighted by molar-refractivity contribution is -0.115. The van der Waals surface area contributed by atoms with E-state index < -0.39 is 0 Å². The standard InChI is InChI=1S/C9H8FNO.C2H5NO/c10-6-2-1-3-8-9(6)7(11)4-5-12-8;1-2(3)4/h1-3,11H,4-5H2;1H3,(H2,3,4). The Morgan fingerprint density at radius 1 is 1.56 bits per heavy atom. The summed E-state index contributed by atoms with van der Waals surface area (Å²) in [6.45, 7) is 1.79. The van der Waals surface area contributed by atoms with Crippen molar-refractivity contribution in [3.05, 3.63) is 29.6 Å². The van der Waals surface area contributed by atoms with Crippen LogP contribution in [0.5, 0.6) is 5.75 Å². The van der Waals surface area contributed by atoms with Gasteiger partial charge in [0, 0.05) is 19.1 Å². The Bertz CT molecular complexity index is 414. The van der Waals surface area contributed by atoms with E-state index in [4.69, 9.17) is 10.1 Å². The van der Waals surface area contributed by atoms with E-state index in [1.807, 2.05) is 0 Å². The van der Waals surface area contributed by atoms with Crippen LogP contribution in [-0.2, 0) is 4.79 Å². The highest BCUT2D eigenvalue weighted by Gasteiger charge is 2.18. The highest BCUT2D eigenvalue weighted by molar-refractivity contribution is 6.01. The van der Waals surface area contributed by atoms with Gasteiger partial charge in [-0.3, -0.25) is 4.79 Å². The lowest BCUT2D eigenvalue weighted by Crippen LogP contribution is -2.16. The molecule has 0 saturated carbocycles. The lowest BCUT2D eigenvalue weighted by Gasteiger charge is -2.17. The lowest BCUT2D eigenvalue weighted by atomic mass is 10.0. The molecular formula is C11H13FN2O2. The van der Waals surface area contributed by atoms with Crippen molar-refractivity contribution in [3.63, 3.8) is 0 Å². The van der Waals surface area contributed by atoms with E-state index in [9.17, 15) is 9.18 Å². The molecule has 0 bridgehead atoms. The fourth-order valence-electron chi connectivity index (χ4n) is 1.31. The van der Waals surface area contributed by atoms with Crippen LogP contribution in [-0.4, -0.2) is 18.2 Å². The molecule has 1 heterocycles. The van der Waals surface area contributed by atoms with Gasteiger partial charge in [0.25, 0.3) is 0 Å². The van der Waals surface area contributed by atoms with Gasteiger partial charge in [-0.25, -0.2) is 4.39 Å². The van der Waals surface area contributed by atoms with E-state index in [2.05, 4.69) is 5.73 Å². The van der Waals surface area contributed by atoms with Crippen LogP contribution >= 0.6 is 0 Å². The van der Waals surface area contributed by atoms with Gasteiger partial charge in [-0.15, -0.1) is 0 Å². The van der Waals surface area contributed by atoms with Gasteiger partial charge >= 0.3 is 0 Å². The molecule has 0 saturated heterocycles. The Morgan fingerprint density at radius 2 is 2.19 bits per heavy atom. The highest BCUT2D eigenvalue weighted by atomic mass is 19.1. The van der Waals surface area contributed by atoms with E-state index in [1.54, 1.807) is 12.1 Å². The molecule has 0 unspecified atom stereocenters. The number of ether oxygens (including phenoxy) is 1. The fourth-order valence-corrected chi connectivity index (χ4v) is 1.31. The number of carbonyl (C=O) groups is 1. The van der Waals surface area contributed by atoms with E-state index in [1.165, 1.54) is 13.0 Å². The molecule has 0 fully saturated rings. The Balaban J connectivity index is 0.000000280. The topological polar surface area (TPSA) is 76.2 Å². The molecule has 1 amide bonds. The van der Waals surface area contributed by atoms with Gasteiger partial charge in [-0.2, -0.15) is 0 Å². The van der Waals surface area contributed by atoms with E-state index in [0.29, 0.717) is 30.1 Å². The molecule has 0 aliphatic carbocycles. The zero-order valence-corrected chi connectivity index (χ0v) is 8.92. The second-order valence-corrected chi connectivity index (χ2v) is 3.30. The number of primary amides is 1. The number of carbonyl (C=O) groups excluding carboxylic acids is 1. The molecule has 1 aliphatic rings. The summed E-state index contributed by atoms with van der Waals surface area (Å²) in [5.41, 5.74) is 5.12. The predicted molar refractivity (Wildman–Crippen MR) is 58.2 cm³/mol. The molecule has 1 aliphatic heterocycles. The van der Waals surface area contributed by atoms with Crippen molar-refractivity contribution in [2.24, 2.45) is 5.73 Å². The van der Waals surface area contributed by atoms with Crippen LogP contribution in [0.2, 0.25) is 0 Å². The van der Waals surface area contributed by atoms with E-state index in [0.717, 1.165) is 0 Å². The van der Waals surface area contributed by atoms with Crippen LogP contribution in [0.4, 0.5) is 4.39 Å². The minimum atomic E-state index is -0.364. The molecule has 1 aromatic carbocycles. The highest BCUT2D eigenvalue weighted by Crippen LogP contribution is 2.26. The molecule has 0 aromatic heterocycles. The monoisotopic (exact) mass is 224 g/mol. The number of rotatable bonds is 0. The van der Waals surface area contributed by atoms with Crippen LogP contribution in [0.25, 0.3) is 0 Å². The molecule has 4 nitrogen and oxygen atoms in total. The number of hydrogen-bond donors (Lipinski definition) is 2. The second kappa shape index (κ2) is 5.25. The van der Waals surface area contributed by atoms with Crippen molar-refractivity contribution in [1.29, 1.82) is 5.41 Å². The Labute approximate surface area is 92.7 Å². The number of benzene rings is 1. The van der Waals surface area contributed by atoms with Crippen molar-refractivity contribution >= 4 is 11.6 Å². The number of amides is 1. The van der Waals surface area contributed by atoms with Crippen LogP contribution < -0.4 is 10.5 Å². The zero-order valence-electron chi connectivity index (χ0n) is 8.92. The van der Waals surface area contributed by atoms with Crippen molar-refractivity contribution in [3.8, 4) is 5.75 Å². The third-order valence-electron chi connectivity index (χ3n) is 1.89. The van der Waals surface area contributed by atoms with Crippen molar-refractivity contribution < 1.29 is 13.9 Å². The van der Waals surface area contributed by atoms with Gasteiger partial charge in [0.05, 0.1) is 12.2 Å². The molecule has 3 N–H and O–H groups in total. The Morgan fingerprint density at radius 3 is 2.75 bits per heavy atom. The normalized spacial score (nSPS) is 13.0. The molecule has 2 rings (SSSR count).